The lowest BCUT2D eigenvalue weighted by Gasteiger charge is -2.32. The third-order valence-corrected chi connectivity index (χ3v) is 4.56. The number of carbonyl (C=O) groups is 1. The van der Waals surface area contributed by atoms with Gasteiger partial charge in [0.15, 0.2) is 0 Å². The maximum Gasteiger partial charge on any atom is 0.338 e. The van der Waals surface area contributed by atoms with Gasteiger partial charge in [-0.05, 0) is 31.5 Å². The summed E-state index contributed by atoms with van der Waals surface area (Å²) in [4.78, 5) is 13.4. The Morgan fingerprint density at radius 2 is 2.25 bits per heavy atom. The molecule has 1 fully saturated rings. The van der Waals surface area contributed by atoms with Crippen LogP contribution in [0.1, 0.15) is 35.0 Å². The van der Waals surface area contributed by atoms with Gasteiger partial charge in [0.1, 0.15) is 11.3 Å². The van der Waals surface area contributed by atoms with Crippen LogP contribution in [0.4, 0.5) is 0 Å². The molecule has 1 aliphatic rings. The number of benzene rings is 1. The van der Waals surface area contributed by atoms with Gasteiger partial charge in [-0.2, -0.15) is 5.10 Å². The molecule has 4 rings (SSSR count). The summed E-state index contributed by atoms with van der Waals surface area (Å²) >= 11 is 0. The molecule has 6 nitrogen and oxygen atoms in total. The lowest BCUT2D eigenvalue weighted by atomic mass is 10.1. The van der Waals surface area contributed by atoms with E-state index in [4.69, 9.17) is 9.52 Å². The zero-order chi connectivity index (χ0) is 16.5. The van der Waals surface area contributed by atoms with E-state index < -0.39 is 5.97 Å². The lowest BCUT2D eigenvalue weighted by molar-refractivity contribution is 0.0696. The quantitative estimate of drug-likeness (QED) is 0.798. The molecule has 1 saturated heterocycles. The predicted octanol–water partition coefficient (Wildman–Crippen LogP) is 3.16. The topological polar surface area (TPSA) is 71.5 Å². The van der Waals surface area contributed by atoms with E-state index in [1.165, 1.54) is 6.20 Å². The van der Waals surface area contributed by atoms with Gasteiger partial charge in [-0.3, -0.25) is 9.58 Å². The standard InChI is InChI=1S/C18H19N3O3/c22-18(23)14-9-19-21(10-14)15-5-3-7-20(11-15)12-16-8-13-4-1-2-6-17(13)24-16/h1-2,4,6,8-10,15H,3,5,7,11-12H2,(H,22,23). The number of aromatic nitrogens is 2. The first-order valence-electron chi connectivity index (χ1n) is 8.16. The number of hydrogen-bond donors (Lipinski definition) is 1. The van der Waals surface area contributed by atoms with Crippen molar-refractivity contribution in [2.24, 2.45) is 0 Å². The number of furan rings is 1. The van der Waals surface area contributed by atoms with Gasteiger partial charge in [-0.1, -0.05) is 18.2 Å². The van der Waals surface area contributed by atoms with Crippen LogP contribution in [0.15, 0.2) is 47.1 Å². The van der Waals surface area contributed by atoms with Crippen molar-refractivity contribution in [3.8, 4) is 0 Å². The molecule has 0 spiro atoms. The highest BCUT2D eigenvalue weighted by Gasteiger charge is 2.23. The van der Waals surface area contributed by atoms with Crippen molar-refractivity contribution in [1.29, 1.82) is 0 Å². The Labute approximate surface area is 139 Å². The van der Waals surface area contributed by atoms with Crippen LogP contribution < -0.4 is 0 Å². The predicted molar refractivity (Wildman–Crippen MR) is 88.9 cm³/mol. The van der Waals surface area contributed by atoms with E-state index >= 15 is 0 Å². The van der Waals surface area contributed by atoms with E-state index in [0.29, 0.717) is 0 Å². The van der Waals surface area contributed by atoms with Crippen LogP contribution in [0.3, 0.4) is 0 Å². The number of para-hydroxylation sites is 1. The number of carboxylic acid groups (broad SMARTS) is 1. The molecule has 0 amide bonds. The molecule has 3 aromatic rings. The van der Waals surface area contributed by atoms with Crippen molar-refractivity contribution in [2.45, 2.75) is 25.4 Å². The fourth-order valence-electron chi connectivity index (χ4n) is 3.37. The van der Waals surface area contributed by atoms with Gasteiger partial charge in [-0.25, -0.2) is 4.79 Å². The summed E-state index contributed by atoms with van der Waals surface area (Å²) in [6.45, 7) is 2.62. The third kappa shape index (κ3) is 2.92. The van der Waals surface area contributed by atoms with E-state index in [-0.39, 0.29) is 11.6 Å². The number of rotatable bonds is 4. The number of piperidine rings is 1. The third-order valence-electron chi connectivity index (χ3n) is 4.56. The Morgan fingerprint density at radius 3 is 3.04 bits per heavy atom. The molecular formula is C18H19N3O3. The molecule has 124 valence electrons. The molecule has 0 radical (unpaired) electrons. The highest BCUT2D eigenvalue weighted by molar-refractivity contribution is 5.86. The highest BCUT2D eigenvalue weighted by Crippen LogP contribution is 2.25. The fourth-order valence-corrected chi connectivity index (χ4v) is 3.37. The van der Waals surface area contributed by atoms with Crippen molar-refractivity contribution in [3.05, 3.63) is 54.0 Å². The van der Waals surface area contributed by atoms with Crippen LogP contribution in [0, 0.1) is 0 Å². The molecule has 2 aromatic heterocycles. The molecule has 1 unspecified atom stereocenters. The molecule has 24 heavy (non-hydrogen) atoms. The smallest absolute Gasteiger partial charge is 0.338 e. The van der Waals surface area contributed by atoms with Gasteiger partial charge in [-0.15, -0.1) is 0 Å². The first-order chi connectivity index (χ1) is 11.7. The second-order valence-electron chi connectivity index (χ2n) is 6.30. The number of fused-ring (bicyclic) bond motifs is 1. The minimum Gasteiger partial charge on any atom is -0.478 e. The van der Waals surface area contributed by atoms with Crippen molar-refractivity contribution in [2.75, 3.05) is 13.1 Å². The van der Waals surface area contributed by atoms with Crippen molar-refractivity contribution in [1.82, 2.24) is 14.7 Å². The summed E-state index contributed by atoms with van der Waals surface area (Å²) in [6, 6.07) is 10.3. The SMILES string of the molecule is O=C(O)c1cnn(C2CCCN(Cc3cc4ccccc4o3)C2)c1. The molecule has 1 N–H and O–H groups in total. The van der Waals surface area contributed by atoms with Crippen molar-refractivity contribution >= 4 is 16.9 Å². The molecule has 6 heteroatoms. The number of aromatic carboxylic acids is 1. The van der Waals surface area contributed by atoms with Crippen LogP contribution in [-0.4, -0.2) is 38.8 Å². The average Bonchev–Trinajstić information content (AvgIpc) is 3.21. The molecule has 0 saturated carbocycles. The normalized spacial score (nSPS) is 18.9. The van der Waals surface area contributed by atoms with E-state index in [9.17, 15) is 4.79 Å². The summed E-state index contributed by atoms with van der Waals surface area (Å²) in [6.07, 6.45) is 5.11. The van der Waals surface area contributed by atoms with Crippen LogP contribution in [0.2, 0.25) is 0 Å². The summed E-state index contributed by atoms with van der Waals surface area (Å²) in [5.41, 5.74) is 1.16. The second kappa shape index (κ2) is 6.13. The summed E-state index contributed by atoms with van der Waals surface area (Å²) in [5.74, 6) is 0.0275. The monoisotopic (exact) mass is 325 g/mol. The van der Waals surface area contributed by atoms with Gasteiger partial charge in [0.05, 0.1) is 24.3 Å². The summed E-state index contributed by atoms with van der Waals surface area (Å²) in [5, 5.41) is 14.4. The van der Waals surface area contributed by atoms with Crippen molar-refractivity contribution < 1.29 is 14.3 Å². The Bertz CT molecular complexity index is 834. The largest absolute Gasteiger partial charge is 0.478 e. The Balaban J connectivity index is 1.47. The molecule has 3 heterocycles. The van der Waals surface area contributed by atoms with Gasteiger partial charge in [0.25, 0.3) is 0 Å². The molecule has 1 aliphatic heterocycles. The van der Waals surface area contributed by atoms with E-state index in [2.05, 4.69) is 22.1 Å². The lowest BCUT2D eigenvalue weighted by Crippen LogP contribution is -2.36. The molecular weight excluding hydrogens is 306 g/mol. The van der Waals surface area contributed by atoms with Crippen molar-refractivity contribution in [3.63, 3.8) is 0 Å². The van der Waals surface area contributed by atoms with Crippen LogP contribution in [-0.2, 0) is 6.54 Å². The van der Waals surface area contributed by atoms with Crippen LogP contribution >= 0.6 is 0 Å². The number of nitrogens with zero attached hydrogens (tertiary/aromatic N) is 3. The fraction of sp³-hybridized carbons (Fsp3) is 0.333. The average molecular weight is 325 g/mol. The minimum absolute atomic E-state index is 0.205. The second-order valence-corrected chi connectivity index (χ2v) is 6.30. The molecule has 0 bridgehead atoms. The first-order valence-corrected chi connectivity index (χ1v) is 8.16. The molecule has 1 atom stereocenters. The van der Waals surface area contributed by atoms with E-state index in [1.54, 1.807) is 10.9 Å². The number of hydrogen-bond acceptors (Lipinski definition) is 4. The Morgan fingerprint density at radius 1 is 1.38 bits per heavy atom. The zero-order valence-electron chi connectivity index (χ0n) is 13.3. The van der Waals surface area contributed by atoms with E-state index in [1.807, 2.05) is 18.2 Å². The molecule has 1 aromatic carbocycles. The summed E-state index contributed by atoms with van der Waals surface area (Å²) in [7, 11) is 0. The van der Waals surface area contributed by atoms with Crippen LogP contribution in [0.5, 0.6) is 0 Å². The number of carboxylic acids is 1. The minimum atomic E-state index is -0.934. The Kier molecular flexibility index (Phi) is 3.82. The zero-order valence-corrected chi connectivity index (χ0v) is 13.3. The van der Waals surface area contributed by atoms with Gasteiger partial charge >= 0.3 is 5.97 Å². The maximum absolute atomic E-state index is 11.0. The maximum atomic E-state index is 11.0. The number of likely N-dealkylation sites (tertiary alicyclic amines) is 1. The molecule has 0 aliphatic carbocycles. The van der Waals surface area contributed by atoms with Gasteiger partial charge < -0.3 is 9.52 Å². The first kappa shape index (κ1) is 15.0. The Hall–Kier alpha value is -2.60. The van der Waals surface area contributed by atoms with Gasteiger partial charge in [0.2, 0.25) is 0 Å². The highest BCUT2D eigenvalue weighted by atomic mass is 16.4. The van der Waals surface area contributed by atoms with Gasteiger partial charge in [0, 0.05) is 18.1 Å². The van der Waals surface area contributed by atoms with E-state index in [0.717, 1.165) is 49.2 Å². The summed E-state index contributed by atoms with van der Waals surface area (Å²) < 4.78 is 7.69. The van der Waals surface area contributed by atoms with Crippen LogP contribution in [0.25, 0.3) is 11.0 Å².